The van der Waals surface area contributed by atoms with Crippen LogP contribution in [0.3, 0.4) is 0 Å². The maximum Gasteiger partial charge on any atom is 0.338 e. The molecule has 0 spiro atoms. The molecule has 1 amide bonds. The minimum Gasteiger partial charge on any atom is -0.452 e. The quantitative estimate of drug-likeness (QED) is 0.541. The number of hydrogen-bond donors (Lipinski definition) is 2. The van der Waals surface area contributed by atoms with Crippen molar-refractivity contribution in [3.8, 4) is 0 Å². The third-order valence-electron chi connectivity index (χ3n) is 4.34. The minimum absolute atomic E-state index is 0.00910. The van der Waals surface area contributed by atoms with Crippen molar-refractivity contribution in [2.75, 3.05) is 13.2 Å². The summed E-state index contributed by atoms with van der Waals surface area (Å²) in [6.45, 7) is 1.89. The molecule has 1 unspecified atom stereocenters. The van der Waals surface area contributed by atoms with Gasteiger partial charge in [0, 0.05) is 22.5 Å². The summed E-state index contributed by atoms with van der Waals surface area (Å²) in [7, 11) is -3.85. The molecule has 2 aromatic carbocycles. The highest BCUT2D eigenvalue weighted by molar-refractivity contribution is 7.89. The lowest BCUT2D eigenvalue weighted by Crippen LogP contribution is -2.32. The van der Waals surface area contributed by atoms with Crippen LogP contribution in [-0.4, -0.2) is 33.4 Å². The predicted octanol–water partition coefficient (Wildman–Crippen LogP) is 3.50. The van der Waals surface area contributed by atoms with E-state index in [0.717, 1.165) is 18.4 Å². The van der Waals surface area contributed by atoms with Crippen LogP contribution in [0.1, 0.15) is 41.6 Å². The Hall–Kier alpha value is -2.13. The first-order valence-electron chi connectivity index (χ1n) is 9.13. The number of nitrogens with one attached hydrogen (secondary N) is 1. The van der Waals surface area contributed by atoms with Gasteiger partial charge in [0.2, 0.25) is 10.0 Å². The third-order valence-corrected chi connectivity index (χ3v) is 5.83. The summed E-state index contributed by atoms with van der Waals surface area (Å²) in [6.07, 6.45) is 1.70. The van der Waals surface area contributed by atoms with E-state index in [-0.39, 0.29) is 16.4 Å². The second-order valence-electron chi connectivity index (χ2n) is 6.60. The van der Waals surface area contributed by atoms with E-state index in [2.05, 4.69) is 5.32 Å². The lowest BCUT2D eigenvalue weighted by atomic mass is 9.94. The fourth-order valence-corrected chi connectivity index (χ4v) is 3.91. The molecule has 0 aromatic heterocycles. The number of ether oxygens (including phenoxy) is 1. The van der Waals surface area contributed by atoms with E-state index in [1.165, 1.54) is 24.3 Å². The van der Waals surface area contributed by atoms with Crippen LogP contribution in [0.4, 0.5) is 0 Å². The minimum atomic E-state index is -3.85. The van der Waals surface area contributed by atoms with Crippen LogP contribution >= 0.6 is 23.2 Å². The molecule has 0 aliphatic carbocycles. The molecule has 162 valence electrons. The van der Waals surface area contributed by atoms with E-state index in [9.17, 15) is 18.0 Å². The third kappa shape index (κ3) is 6.98. The van der Waals surface area contributed by atoms with Crippen molar-refractivity contribution in [3.63, 3.8) is 0 Å². The van der Waals surface area contributed by atoms with Gasteiger partial charge in [0.25, 0.3) is 5.91 Å². The number of carbonyl (C=O) groups is 2. The first kappa shape index (κ1) is 24.1. The highest BCUT2D eigenvalue weighted by Gasteiger charge is 2.17. The number of primary sulfonamides is 1. The van der Waals surface area contributed by atoms with Gasteiger partial charge in [-0.05, 0) is 48.4 Å². The zero-order valence-corrected chi connectivity index (χ0v) is 18.6. The van der Waals surface area contributed by atoms with Gasteiger partial charge < -0.3 is 10.1 Å². The summed E-state index contributed by atoms with van der Waals surface area (Å²) in [5.41, 5.74) is 0.988. The van der Waals surface area contributed by atoms with Gasteiger partial charge in [0.05, 0.1) is 10.5 Å². The monoisotopic (exact) mass is 472 g/mol. The summed E-state index contributed by atoms with van der Waals surface area (Å²) >= 11 is 12.2. The summed E-state index contributed by atoms with van der Waals surface area (Å²) in [5.74, 6) is -1.22. The largest absolute Gasteiger partial charge is 0.452 e. The van der Waals surface area contributed by atoms with Gasteiger partial charge in [0.15, 0.2) is 6.61 Å². The number of halogens is 2. The van der Waals surface area contributed by atoms with Crippen molar-refractivity contribution in [1.29, 1.82) is 0 Å². The number of esters is 1. The van der Waals surface area contributed by atoms with Crippen LogP contribution < -0.4 is 10.5 Å². The van der Waals surface area contributed by atoms with Crippen molar-refractivity contribution < 1.29 is 22.7 Å². The van der Waals surface area contributed by atoms with Crippen molar-refractivity contribution in [3.05, 3.63) is 63.6 Å². The maximum atomic E-state index is 12.1. The Morgan fingerprint density at radius 2 is 1.80 bits per heavy atom. The number of amides is 1. The topological polar surface area (TPSA) is 116 Å². The van der Waals surface area contributed by atoms with E-state index in [4.69, 9.17) is 33.1 Å². The van der Waals surface area contributed by atoms with Gasteiger partial charge >= 0.3 is 5.97 Å². The van der Waals surface area contributed by atoms with Crippen molar-refractivity contribution in [2.45, 2.75) is 30.6 Å². The first-order valence-corrected chi connectivity index (χ1v) is 11.4. The number of hydrogen-bond acceptors (Lipinski definition) is 5. The van der Waals surface area contributed by atoms with E-state index < -0.39 is 28.5 Å². The second-order valence-corrected chi connectivity index (χ2v) is 9.01. The van der Waals surface area contributed by atoms with Gasteiger partial charge in [0.1, 0.15) is 0 Å². The SMILES string of the molecule is CCCC(CNC(=O)COC(=O)c1ccc(S(N)(=O)=O)cc1)c1ccc(Cl)cc1Cl. The second kappa shape index (κ2) is 10.8. The number of sulfonamides is 1. The van der Waals surface area contributed by atoms with Crippen molar-refractivity contribution >= 4 is 45.1 Å². The molecule has 30 heavy (non-hydrogen) atoms. The molecular weight excluding hydrogens is 451 g/mol. The normalized spacial score (nSPS) is 12.3. The lowest BCUT2D eigenvalue weighted by Gasteiger charge is -2.19. The van der Waals surface area contributed by atoms with Gasteiger partial charge in [-0.1, -0.05) is 42.6 Å². The Morgan fingerprint density at radius 3 is 2.37 bits per heavy atom. The summed E-state index contributed by atoms with van der Waals surface area (Å²) in [5, 5.41) is 8.81. The molecule has 2 rings (SSSR count). The molecular formula is C20H22Cl2N2O5S. The highest BCUT2D eigenvalue weighted by Crippen LogP contribution is 2.30. The van der Waals surface area contributed by atoms with Gasteiger partial charge in [-0.15, -0.1) is 0 Å². The number of nitrogens with two attached hydrogens (primary N) is 1. The number of rotatable bonds is 9. The molecule has 1 atom stereocenters. The molecule has 0 fully saturated rings. The Balaban J connectivity index is 1.90. The molecule has 0 aliphatic rings. The summed E-state index contributed by atoms with van der Waals surface area (Å²) in [6, 6.07) is 10.2. The molecule has 0 bridgehead atoms. The maximum absolute atomic E-state index is 12.1. The zero-order valence-electron chi connectivity index (χ0n) is 16.2. The standard InChI is InChI=1S/C20H22Cl2N2O5S/c1-2-3-14(17-9-6-15(21)10-18(17)22)11-24-19(25)12-29-20(26)13-4-7-16(8-5-13)30(23,27)28/h4-10,14H,2-3,11-12H2,1H3,(H,24,25)(H2,23,27,28). The van der Waals surface area contributed by atoms with Gasteiger partial charge in [-0.25, -0.2) is 18.4 Å². The average molecular weight is 473 g/mol. The van der Waals surface area contributed by atoms with Crippen LogP contribution in [0.2, 0.25) is 10.0 Å². The molecule has 0 saturated heterocycles. The van der Waals surface area contributed by atoms with E-state index in [0.29, 0.717) is 16.6 Å². The highest BCUT2D eigenvalue weighted by atomic mass is 35.5. The molecule has 2 aromatic rings. The Kier molecular flexibility index (Phi) is 8.66. The van der Waals surface area contributed by atoms with Crippen LogP contribution in [-0.2, 0) is 19.6 Å². The van der Waals surface area contributed by atoms with Crippen LogP contribution in [0.5, 0.6) is 0 Å². The molecule has 0 saturated carbocycles. The zero-order chi connectivity index (χ0) is 22.3. The number of carbonyl (C=O) groups excluding carboxylic acids is 2. The molecule has 3 N–H and O–H groups in total. The first-order chi connectivity index (χ1) is 14.1. The van der Waals surface area contributed by atoms with Gasteiger partial charge in [-0.3, -0.25) is 4.79 Å². The molecule has 7 nitrogen and oxygen atoms in total. The Bertz CT molecular complexity index is 1010. The fraction of sp³-hybridized carbons (Fsp3) is 0.300. The van der Waals surface area contributed by atoms with Crippen LogP contribution in [0, 0.1) is 0 Å². The van der Waals surface area contributed by atoms with E-state index >= 15 is 0 Å². The Morgan fingerprint density at radius 1 is 1.13 bits per heavy atom. The van der Waals surface area contributed by atoms with E-state index in [1.54, 1.807) is 12.1 Å². The van der Waals surface area contributed by atoms with Crippen LogP contribution in [0.15, 0.2) is 47.4 Å². The Labute approximate surface area is 185 Å². The average Bonchev–Trinajstić information content (AvgIpc) is 2.69. The summed E-state index contributed by atoms with van der Waals surface area (Å²) < 4.78 is 27.5. The molecule has 10 heteroatoms. The lowest BCUT2D eigenvalue weighted by molar-refractivity contribution is -0.124. The van der Waals surface area contributed by atoms with Gasteiger partial charge in [-0.2, -0.15) is 0 Å². The van der Waals surface area contributed by atoms with Crippen LogP contribution in [0.25, 0.3) is 0 Å². The van der Waals surface area contributed by atoms with Crippen molar-refractivity contribution in [1.82, 2.24) is 5.32 Å². The summed E-state index contributed by atoms with van der Waals surface area (Å²) in [4.78, 5) is 24.0. The predicted molar refractivity (Wildman–Crippen MR) is 115 cm³/mol. The molecule has 0 aliphatic heterocycles. The fourth-order valence-electron chi connectivity index (χ4n) is 2.83. The van der Waals surface area contributed by atoms with E-state index in [1.807, 2.05) is 13.0 Å². The smallest absolute Gasteiger partial charge is 0.338 e. The molecule has 0 heterocycles. The molecule has 0 radical (unpaired) electrons. The number of benzene rings is 2. The van der Waals surface area contributed by atoms with Crippen molar-refractivity contribution in [2.24, 2.45) is 5.14 Å².